The fraction of sp³-hybridized carbons (Fsp3) is 0.571. The van der Waals surface area contributed by atoms with Gasteiger partial charge in [-0.1, -0.05) is 15.9 Å². The van der Waals surface area contributed by atoms with Crippen molar-refractivity contribution in [3.8, 4) is 5.75 Å². The largest absolute Gasteiger partial charge is 0.494 e. The van der Waals surface area contributed by atoms with Crippen molar-refractivity contribution in [1.82, 2.24) is 4.90 Å². The van der Waals surface area contributed by atoms with Crippen LogP contribution in [0.1, 0.15) is 18.4 Å². The van der Waals surface area contributed by atoms with Crippen LogP contribution in [0, 0.1) is 6.92 Å². The smallest absolute Gasteiger partial charge is 0.119 e. The van der Waals surface area contributed by atoms with Crippen LogP contribution in [0.2, 0.25) is 0 Å². The highest BCUT2D eigenvalue weighted by Gasteiger charge is 2.19. The number of aliphatic hydroxyl groups excluding tert-OH is 1. The Hall–Kier alpha value is -0.580. The lowest BCUT2D eigenvalue weighted by Gasteiger charge is -2.15. The normalized spacial score (nSPS) is 20.3. The van der Waals surface area contributed by atoms with Gasteiger partial charge in [0.25, 0.3) is 0 Å². The molecule has 1 aliphatic rings. The summed E-state index contributed by atoms with van der Waals surface area (Å²) >= 11 is 3.48. The molecule has 0 bridgehead atoms. The molecule has 0 aromatic heterocycles. The van der Waals surface area contributed by atoms with E-state index in [2.05, 4.69) is 27.8 Å². The Balaban J connectivity index is 1.67. The van der Waals surface area contributed by atoms with Crippen molar-refractivity contribution in [3.05, 3.63) is 28.2 Å². The Morgan fingerprint density at radius 3 is 3.00 bits per heavy atom. The van der Waals surface area contributed by atoms with E-state index in [9.17, 15) is 5.11 Å². The summed E-state index contributed by atoms with van der Waals surface area (Å²) in [6.07, 6.45) is 1.79. The molecule has 2 rings (SSSR count). The van der Waals surface area contributed by atoms with Crippen LogP contribution in [0.25, 0.3) is 0 Å². The number of hydrogen-bond donors (Lipinski definition) is 1. The molecule has 0 radical (unpaired) electrons. The van der Waals surface area contributed by atoms with Crippen molar-refractivity contribution >= 4 is 15.9 Å². The van der Waals surface area contributed by atoms with Gasteiger partial charge in [0, 0.05) is 24.1 Å². The van der Waals surface area contributed by atoms with E-state index >= 15 is 0 Å². The van der Waals surface area contributed by atoms with E-state index < -0.39 is 0 Å². The molecular formula is C14H20BrNO2. The average molecular weight is 314 g/mol. The van der Waals surface area contributed by atoms with E-state index in [1.54, 1.807) is 0 Å². The summed E-state index contributed by atoms with van der Waals surface area (Å²) in [5.41, 5.74) is 1.19. The van der Waals surface area contributed by atoms with Gasteiger partial charge >= 0.3 is 0 Å². The third-order valence-corrected chi connectivity index (χ3v) is 4.15. The number of likely N-dealkylation sites (tertiary alicyclic amines) is 1. The van der Waals surface area contributed by atoms with Crippen LogP contribution in [0.3, 0.4) is 0 Å². The summed E-state index contributed by atoms with van der Waals surface area (Å²) in [6.45, 7) is 5.62. The predicted molar refractivity (Wildman–Crippen MR) is 76.1 cm³/mol. The first kappa shape index (κ1) is 13.8. The van der Waals surface area contributed by atoms with Crippen LogP contribution in [-0.2, 0) is 0 Å². The van der Waals surface area contributed by atoms with Crippen LogP contribution in [0.15, 0.2) is 22.7 Å². The zero-order chi connectivity index (χ0) is 13.0. The zero-order valence-corrected chi connectivity index (χ0v) is 12.3. The molecule has 0 aliphatic carbocycles. The van der Waals surface area contributed by atoms with Gasteiger partial charge in [-0.3, -0.25) is 0 Å². The standard InChI is InChI=1S/C14H20BrNO2/c1-11-9-13(3-4-14(11)15)18-8-2-6-16-7-5-12(17)10-16/h3-4,9,12,17H,2,5-8,10H2,1H3. The average Bonchev–Trinajstić information content (AvgIpc) is 2.75. The monoisotopic (exact) mass is 313 g/mol. The van der Waals surface area contributed by atoms with Gasteiger partial charge in [0.15, 0.2) is 0 Å². The SMILES string of the molecule is Cc1cc(OCCCN2CCC(O)C2)ccc1Br. The van der Waals surface area contributed by atoms with Gasteiger partial charge in [-0.15, -0.1) is 0 Å². The fourth-order valence-electron chi connectivity index (χ4n) is 2.20. The molecule has 1 fully saturated rings. The van der Waals surface area contributed by atoms with E-state index in [1.165, 1.54) is 5.56 Å². The number of nitrogens with zero attached hydrogens (tertiary/aromatic N) is 1. The van der Waals surface area contributed by atoms with Crippen LogP contribution in [-0.4, -0.2) is 42.4 Å². The van der Waals surface area contributed by atoms with Crippen molar-refractivity contribution in [2.75, 3.05) is 26.2 Å². The Bertz CT molecular complexity index is 397. The summed E-state index contributed by atoms with van der Waals surface area (Å²) in [7, 11) is 0. The van der Waals surface area contributed by atoms with E-state index in [1.807, 2.05) is 18.2 Å². The minimum Gasteiger partial charge on any atom is -0.494 e. The Morgan fingerprint density at radius 2 is 2.33 bits per heavy atom. The molecule has 1 unspecified atom stereocenters. The first-order valence-corrected chi connectivity index (χ1v) is 7.24. The minimum absolute atomic E-state index is 0.125. The second kappa shape index (κ2) is 6.55. The first-order valence-electron chi connectivity index (χ1n) is 6.44. The molecule has 0 saturated carbocycles. The third-order valence-electron chi connectivity index (χ3n) is 3.26. The van der Waals surface area contributed by atoms with Crippen molar-refractivity contribution in [2.24, 2.45) is 0 Å². The molecule has 1 saturated heterocycles. The molecule has 3 nitrogen and oxygen atoms in total. The number of β-amino-alcohol motifs (C(OH)–C–C–N with tert-alkyl or cyclic N) is 1. The molecule has 4 heteroatoms. The maximum Gasteiger partial charge on any atom is 0.119 e. The fourth-order valence-corrected chi connectivity index (χ4v) is 2.45. The van der Waals surface area contributed by atoms with Crippen LogP contribution >= 0.6 is 15.9 Å². The van der Waals surface area contributed by atoms with Crippen molar-refractivity contribution < 1.29 is 9.84 Å². The molecule has 1 aromatic carbocycles. The third kappa shape index (κ3) is 3.97. The highest BCUT2D eigenvalue weighted by molar-refractivity contribution is 9.10. The topological polar surface area (TPSA) is 32.7 Å². The van der Waals surface area contributed by atoms with Crippen molar-refractivity contribution in [3.63, 3.8) is 0 Å². The number of rotatable bonds is 5. The lowest BCUT2D eigenvalue weighted by atomic mass is 10.2. The Kier molecular flexibility index (Phi) is 5.03. The summed E-state index contributed by atoms with van der Waals surface area (Å²) in [5, 5.41) is 9.41. The van der Waals surface area contributed by atoms with E-state index in [0.29, 0.717) is 0 Å². The first-order chi connectivity index (χ1) is 8.65. The number of ether oxygens (including phenoxy) is 1. The molecule has 0 spiro atoms. The number of halogens is 1. The minimum atomic E-state index is -0.125. The maximum absolute atomic E-state index is 9.41. The Morgan fingerprint density at radius 1 is 1.50 bits per heavy atom. The molecule has 1 aromatic rings. The molecule has 1 N–H and O–H groups in total. The molecule has 1 aliphatic heterocycles. The molecule has 18 heavy (non-hydrogen) atoms. The number of aliphatic hydroxyl groups is 1. The van der Waals surface area contributed by atoms with Gasteiger partial charge in [-0.05, 0) is 43.5 Å². The maximum atomic E-state index is 9.41. The number of hydrogen-bond acceptors (Lipinski definition) is 3. The second-order valence-corrected chi connectivity index (χ2v) is 5.71. The predicted octanol–water partition coefficient (Wildman–Crippen LogP) is 2.59. The van der Waals surface area contributed by atoms with E-state index in [0.717, 1.165) is 49.3 Å². The highest BCUT2D eigenvalue weighted by Crippen LogP contribution is 2.21. The summed E-state index contributed by atoms with van der Waals surface area (Å²) in [5.74, 6) is 0.928. The number of benzene rings is 1. The van der Waals surface area contributed by atoms with Crippen molar-refractivity contribution in [2.45, 2.75) is 25.9 Å². The lowest BCUT2D eigenvalue weighted by molar-refractivity contribution is 0.173. The Labute approximate surface area is 117 Å². The van der Waals surface area contributed by atoms with Gasteiger partial charge in [0.1, 0.15) is 5.75 Å². The lowest BCUT2D eigenvalue weighted by Crippen LogP contribution is -2.24. The summed E-state index contributed by atoms with van der Waals surface area (Å²) < 4.78 is 6.83. The number of aryl methyl sites for hydroxylation is 1. The quantitative estimate of drug-likeness (QED) is 0.848. The van der Waals surface area contributed by atoms with Gasteiger partial charge in [-0.25, -0.2) is 0 Å². The van der Waals surface area contributed by atoms with Crippen LogP contribution in [0.4, 0.5) is 0 Å². The van der Waals surface area contributed by atoms with Crippen molar-refractivity contribution in [1.29, 1.82) is 0 Å². The van der Waals surface area contributed by atoms with Gasteiger partial charge in [-0.2, -0.15) is 0 Å². The van der Waals surface area contributed by atoms with Gasteiger partial charge in [0.2, 0.25) is 0 Å². The van der Waals surface area contributed by atoms with Gasteiger partial charge in [0.05, 0.1) is 12.7 Å². The van der Waals surface area contributed by atoms with Crippen LogP contribution < -0.4 is 4.74 Å². The molecule has 1 heterocycles. The second-order valence-electron chi connectivity index (χ2n) is 4.86. The van der Waals surface area contributed by atoms with E-state index in [4.69, 9.17) is 4.74 Å². The zero-order valence-electron chi connectivity index (χ0n) is 10.7. The molecule has 1 atom stereocenters. The van der Waals surface area contributed by atoms with Gasteiger partial charge < -0.3 is 14.7 Å². The molecule has 100 valence electrons. The summed E-state index contributed by atoms with van der Waals surface area (Å²) in [6, 6.07) is 6.04. The highest BCUT2D eigenvalue weighted by atomic mass is 79.9. The molecule has 0 amide bonds. The summed E-state index contributed by atoms with van der Waals surface area (Å²) in [4.78, 5) is 2.29. The molecular weight excluding hydrogens is 294 g/mol. The van der Waals surface area contributed by atoms with E-state index in [-0.39, 0.29) is 6.10 Å². The van der Waals surface area contributed by atoms with Crippen LogP contribution in [0.5, 0.6) is 5.75 Å².